The van der Waals surface area contributed by atoms with Gasteiger partial charge >= 0.3 is 0 Å². The van der Waals surface area contributed by atoms with E-state index in [1.165, 1.54) is 0 Å². The fourth-order valence-electron chi connectivity index (χ4n) is 1.14. The van der Waals surface area contributed by atoms with Crippen molar-refractivity contribution in [1.29, 1.82) is 5.26 Å². The van der Waals surface area contributed by atoms with Crippen LogP contribution in [0.3, 0.4) is 0 Å². The molecule has 0 spiro atoms. The van der Waals surface area contributed by atoms with Gasteiger partial charge in [-0.2, -0.15) is 5.26 Å². The van der Waals surface area contributed by atoms with Crippen molar-refractivity contribution in [2.75, 3.05) is 12.4 Å². The Hall–Kier alpha value is -1.69. The summed E-state index contributed by atoms with van der Waals surface area (Å²) in [5.74, 6) is 0.794. The number of ether oxygens (including phenoxy) is 1. The molecule has 0 radical (unpaired) electrons. The van der Waals surface area contributed by atoms with Crippen LogP contribution in [0.2, 0.25) is 0 Å². The molecule has 0 amide bonds. The van der Waals surface area contributed by atoms with Crippen LogP contribution in [0.4, 0.5) is 5.69 Å². The number of nitrogens with zero attached hydrogens (tertiary/aromatic N) is 1. The predicted molar refractivity (Wildman–Crippen MR) is 56.3 cm³/mol. The van der Waals surface area contributed by atoms with Gasteiger partial charge in [0.25, 0.3) is 0 Å². The van der Waals surface area contributed by atoms with Crippen LogP contribution in [0.1, 0.15) is 13.3 Å². The molecule has 0 aromatic heterocycles. The van der Waals surface area contributed by atoms with Gasteiger partial charge in [0.1, 0.15) is 11.8 Å². The molecule has 0 aliphatic rings. The van der Waals surface area contributed by atoms with Crippen molar-refractivity contribution in [2.45, 2.75) is 19.4 Å². The van der Waals surface area contributed by atoms with E-state index in [1.807, 2.05) is 31.2 Å². The summed E-state index contributed by atoms with van der Waals surface area (Å²) < 4.78 is 5.08. The number of methoxy groups -OCH3 is 1. The molecule has 3 heteroatoms. The highest BCUT2D eigenvalue weighted by Gasteiger charge is 2.03. The van der Waals surface area contributed by atoms with Crippen LogP contribution in [-0.4, -0.2) is 13.2 Å². The van der Waals surface area contributed by atoms with E-state index in [4.69, 9.17) is 10.00 Å². The van der Waals surface area contributed by atoms with Gasteiger partial charge in [0.2, 0.25) is 0 Å². The average molecular weight is 190 g/mol. The summed E-state index contributed by atoms with van der Waals surface area (Å²) in [5, 5.41) is 11.9. The van der Waals surface area contributed by atoms with Crippen molar-refractivity contribution >= 4 is 5.69 Å². The largest absolute Gasteiger partial charge is 0.497 e. The van der Waals surface area contributed by atoms with E-state index in [0.717, 1.165) is 17.9 Å². The third-order valence-corrected chi connectivity index (χ3v) is 1.97. The minimum Gasteiger partial charge on any atom is -0.497 e. The molecule has 1 N–H and O–H groups in total. The minimum absolute atomic E-state index is 0.137. The van der Waals surface area contributed by atoms with Crippen molar-refractivity contribution in [3.05, 3.63) is 24.3 Å². The molecule has 0 heterocycles. The van der Waals surface area contributed by atoms with E-state index in [-0.39, 0.29) is 6.04 Å². The Morgan fingerprint density at radius 3 is 2.93 bits per heavy atom. The molecule has 0 aliphatic carbocycles. The van der Waals surface area contributed by atoms with Crippen LogP contribution in [0.15, 0.2) is 24.3 Å². The van der Waals surface area contributed by atoms with Gasteiger partial charge < -0.3 is 10.1 Å². The maximum atomic E-state index is 8.77. The van der Waals surface area contributed by atoms with Crippen molar-refractivity contribution in [1.82, 2.24) is 0 Å². The Morgan fingerprint density at radius 1 is 1.57 bits per heavy atom. The van der Waals surface area contributed by atoms with Crippen molar-refractivity contribution < 1.29 is 4.74 Å². The van der Waals surface area contributed by atoms with Crippen molar-refractivity contribution in [2.24, 2.45) is 0 Å². The van der Waals surface area contributed by atoms with Gasteiger partial charge in [0, 0.05) is 11.8 Å². The molecule has 1 rings (SSSR count). The van der Waals surface area contributed by atoms with Gasteiger partial charge in [-0.3, -0.25) is 0 Å². The van der Waals surface area contributed by atoms with E-state index < -0.39 is 0 Å². The van der Waals surface area contributed by atoms with Gasteiger partial charge in [-0.25, -0.2) is 0 Å². The maximum Gasteiger partial charge on any atom is 0.120 e. The fraction of sp³-hybridized carbons (Fsp3) is 0.364. The first-order chi connectivity index (χ1) is 6.80. The highest BCUT2D eigenvalue weighted by atomic mass is 16.5. The summed E-state index contributed by atoms with van der Waals surface area (Å²) in [5.41, 5.74) is 0.915. The normalized spacial score (nSPS) is 11.5. The third kappa shape index (κ3) is 2.67. The second kappa shape index (κ2) is 5.13. The number of anilines is 1. The Balaban J connectivity index is 2.71. The van der Waals surface area contributed by atoms with Gasteiger partial charge in [-0.15, -0.1) is 0 Å². The average Bonchev–Trinajstić information content (AvgIpc) is 2.26. The zero-order chi connectivity index (χ0) is 10.4. The summed E-state index contributed by atoms with van der Waals surface area (Å²) >= 11 is 0. The van der Waals surface area contributed by atoms with Crippen LogP contribution >= 0.6 is 0 Å². The number of nitriles is 1. The molecule has 14 heavy (non-hydrogen) atoms. The highest BCUT2D eigenvalue weighted by molar-refractivity contribution is 5.49. The van der Waals surface area contributed by atoms with E-state index >= 15 is 0 Å². The Labute approximate surface area is 84.3 Å². The van der Waals surface area contributed by atoms with Crippen LogP contribution in [-0.2, 0) is 0 Å². The molecule has 1 aromatic rings. The topological polar surface area (TPSA) is 45.0 Å². The summed E-state index contributed by atoms with van der Waals surface area (Å²) in [6.45, 7) is 1.97. The van der Waals surface area contributed by atoms with Gasteiger partial charge in [-0.1, -0.05) is 13.0 Å². The molecule has 0 fully saturated rings. The van der Waals surface area contributed by atoms with E-state index in [0.29, 0.717) is 0 Å². The molecule has 0 saturated carbocycles. The number of hydrogen-bond acceptors (Lipinski definition) is 3. The van der Waals surface area contributed by atoms with Crippen LogP contribution in [0, 0.1) is 11.3 Å². The smallest absolute Gasteiger partial charge is 0.120 e. The predicted octanol–water partition coefficient (Wildman–Crippen LogP) is 2.41. The molecule has 0 bridgehead atoms. The third-order valence-electron chi connectivity index (χ3n) is 1.97. The molecule has 1 atom stereocenters. The quantitative estimate of drug-likeness (QED) is 0.793. The first-order valence-electron chi connectivity index (χ1n) is 4.60. The number of nitrogens with one attached hydrogen (secondary N) is 1. The lowest BCUT2D eigenvalue weighted by atomic mass is 10.2. The Morgan fingerprint density at radius 2 is 2.36 bits per heavy atom. The number of benzene rings is 1. The first kappa shape index (κ1) is 10.4. The summed E-state index contributed by atoms with van der Waals surface area (Å²) in [6.07, 6.45) is 0.785. The lowest BCUT2D eigenvalue weighted by Crippen LogP contribution is -2.15. The second-order valence-electron chi connectivity index (χ2n) is 2.97. The number of hydrogen-bond donors (Lipinski definition) is 1. The highest BCUT2D eigenvalue weighted by Crippen LogP contribution is 2.17. The summed E-state index contributed by atoms with van der Waals surface area (Å²) in [4.78, 5) is 0. The Kier molecular flexibility index (Phi) is 3.81. The SMILES string of the molecule is CCC(C#N)Nc1cccc(OC)c1. The molecular weight excluding hydrogens is 176 g/mol. The second-order valence-corrected chi connectivity index (χ2v) is 2.97. The van der Waals surface area contributed by atoms with Gasteiger partial charge in [0.05, 0.1) is 13.2 Å². The molecule has 0 saturated heterocycles. The molecule has 1 aromatic carbocycles. The van der Waals surface area contributed by atoms with E-state index in [9.17, 15) is 0 Å². The zero-order valence-corrected chi connectivity index (χ0v) is 8.45. The molecule has 0 aliphatic heterocycles. The molecule has 3 nitrogen and oxygen atoms in total. The minimum atomic E-state index is -0.137. The van der Waals surface area contributed by atoms with Crippen LogP contribution in [0.25, 0.3) is 0 Å². The molecule has 1 unspecified atom stereocenters. The van der Waals surface area contributed by atoms with Crippen LogP contribution in [0.5, 0.6) is 5.75 Å². The van der Waals surface area contributed by atoms with Crippen molar-refractivity contribution in [3.8, 4) is 11.8 Å². The summed E-state index contributed by atoms with van der Waals surface area (Å²) in [6, 6.07) is 9.61. The monoisotopic (exact) mass is 190 g/mol. The number of rotatable bonds is 4. The zero-order valence-electron chi connectivity index (χ0n) is 8.45. The first-order valence-corrected chi connectivity index (χ1v) is 4.60. The van der Waals surface area contributed by atoms with Gasteiger partial charge in [-0.05, 0) is 18.6 Å². The fourth-order valence-corrected chi connectivity index (χ4v) is 1.14. The lowest BCUT2D eigenvalue weighted by molar-refractivity contribution is 0.415. The maximum absolute atomic E-state index is 8.77. The lowest BCUT2D eigenvalue weighted by Gasteiger charge is -2.11. The standard InChI is InChI=1S/C11H14N2O/c1-3-9(8-12)13-10-5-4-6-11(7-10)14-2/h4-7,9,13H,3H2,1-2H3. The summed E-state index contributed by atoms with van der Waals surface area (Å²) in [7, 11) is 1.63. The van der Waals surface area contributed by atoms with E-state index in [1.54, 1.807) is 7.11 Å². The van der Waals surface area contributed by atoms with E-state index in [2.05, 4.69) is 11.4 Å². The van der Waals surface area contributed by atoms with Gasteiger partial charge in [0.15, 0.2) is 0 Å². The Bertz CT molecular complexity index is 330. The van der Waals surface area contributed by atoms with Crippen molar-refractivity contribution in [3.63, 3.8) is 0 Å². The molecular formula is C11H14N2O. The molecule has 74 valence electrons. The van der Waals surface area contributed by atoms with Crippen LogP contribution < -0.4 is 10.1 Å².